The first kappa shape index (κ1) is 16.2. The van der Waals surface area contributed by atoms with Crippen molar-refractivity contribution in [2.24, 2.45) is 5.73 Å². The Kier molecular flexibility index (Phi) is 6.12. The number of rotatable bonds is 4. The lowest BCUT2D eigenvalue weighted by molar-refractivity contribution is -0.130. The molecule has 0 unspecified atom stereocenters. The topological polar surface area (TPSA) is 79.4 Å². The van der Waals surface area contributed by atoms with Crippen LogP contribution >= 0.6 is 12.4 Å². The molecule has 0 saturated heterocycles. The van der Waals surface area contributed by atoms with E-state index in [4.69, 9.17) is 15.9 Å². The van der Waals surface area contributed by atoms with E-state index in [1.807, 2.05) is 0 Å². The first-order valence-corrected chi connectivity index (χ1v) is 4.89. The van der Waals surface area contributed by atoms with Gasteiger partial charge in [-0.15, -0.1) is 12.4 Å². The molecule has 1 aromatic rings. The molecular formula is C11H15ClFN3O2. The highest BCUT2D eigenvalue weighted by Crippen LogP contribution is 2.20. The molecule has 0 aliphatic rings. The molecule has 0 spiro atoms. The van der Waals surface area contributed by atoms with Gasteiger partial charge >= 0.3 is 0 Å². The zero-order valence-corrected chi connectivity index (χ0v) is 10.9. The third-order valence-electron chi connectivity index (χ3n) is 2.09. The number of nitrogens with two attached hydrogens (primary N) is 1. The van der Waals surface area contributed by atoms with Crippen LogP contribution in [0.15, 0.2) is 18.2 Å². The van der Waals surface area contributed by atoms with Crippen molar-refractivity contribution >= 4 is 24.1 Å². The number of nitrogens with zero attached hydrogens (tertiary/aromatic N) is 1. The molecule has 1 aromatic carbocycles. The smallest absolute Gasteiger partial charge is 0.259 e. The summed E-state index contributed by atoms with van der Waals surface area (Å²) < 4.78 is 18.5. The van der Waals surface area contributed by atoms with Crippen LogP contribution in [0.5, 0.6) is 5.75 Å². The Balaban J connectivity index is 0.00000289. The Morgan fingerprint density at radius 1 is 1.50 bits per heavy atom. The van der Waals surface area contributed by atoms with Crippen LogP contribution in [0.25, 0.3) is 0 Å². The quantitative estimate of drug-likeness (QED) is 0.635. The van der Waals surface area contributed by atoms with E-state index in [1.165, 1.54) is 23.1 Å². The van der Waals surface area contributed by atoms with Crippen molar-refractivity contribution in [3.8, 4) is 5.75 Å². The standard InChI is InChI=1S/C11H14FN3O2.ClH/c1-15(2)9(16)6-17-8-5-3-4-7(12)10(8)11(13)14;/h3-5H,6H2,1-2H3,(H3,13,14);1H. The minimum Gasteiger partial charge on any atom is -0.483 e. The molecule has 100 valence electrons. The highest BCUT2D eigenvalue weighted by molar-refractivity contribution is 5.98. The van der Waals surface area contributed by atoms with Crippen molar-refractivity contribution in [1.29, 1.82) is 5.41 Å². The summed E-state index contributed by atoms with van der Waals surface area (Å²) in [5.41, 5.74) is 5.12. The van der Waals surface area contributed by atoms with E-state index in [9.17, 15) is 9.18 Å². The highest BCUT2D eigenvalue weighted by atomic mass is 35.5. The van der Waals surface area contributed by atoms with Gasteiger partial charge in [0.1, 0.15) is 17.4 Å². The number of hydrogen-bond acceptors (Lipinski definition) is 3. The molecule has 3 N–H and O–H groups in total. The van der Waals surface area contributed by atoms with Crippen molar-refractivity contribution in [3.63, 3.8) is 0 Å². The van der Waals surface area contributed by atoms with E-state index >= 15 is 0 Å². The first-order valence-electron chi connectivity index (χ1n) is 4.89. The van der Waals surface area contributed by atoms with Crippen LogP contribution in [0.2, 0.25) is 0 Å². The monoisotopic (exact) mass is 275 g/mol. The molecule has 7 heteroatoms. The van der Waals surface area contributed by atoms with E-state index in [0.717, 1.165) is 0 Å². The highest BCUT2D eigenvalue weighted by Gasteiger charge is 2.14. The zero-order valence-electron chi connectivity index (χ0n) is 10.1. The van der Waals surface area contributed by atoms with Crippen molar-refractivity contribution in [1.82, 2.24) is 4.90 Å². The molecule has 0 atom stereocenters. The second-order valence-corrected chi connectivity index (χ2v) is 3.60. The lowest BCUT2D eigenvalue weighted by Gasteiger charge is -2.13. The number of benzene rings is 1. The predicted octanol–water partition coefficient (Wildman–Crippen LogP) is 0.999. The maximum Gasteiger partial charge on any atom is 0.259 e. The molecule has 0 bridgehead atoms. The zero-order chi connectivity index (χ0) is 13.0. The van der Waals surface area contributed by atoms with E-state index in [0.29, 0.717) is 0 Å². The maximum absolute atomic E-state index is 13.4. The Morgan fingerprint density at radius 3 is 2.61 bits per heavy atom. The number of likely N-dealkylation sites (N-methyl/N-ethyl adjacent to an activating group) is 1. The molecule has 0 aliphatic carbocycles. The third-order valence-corrected chi connectivity index (χ3v) is 2.09. The number of amidine groups is 1. The summed E-state index contributed by atoms with van der Waals surface area (Å²) >= 11 is 0. The summed E-state index contributed by atoms with van der Waals surface area (Å²) in [5.74, 6) is -1.25. The largest absolute Gasteiger partial charge is 0.483 e. The normalized spacial score (nSPS) is 9.28. The summed E-state index contributed by atoms with van der Waals surface area (Å²) in [4.78, 5) is 12.7. The maximum atomic E-state index is 13.4. The minimum absolute atomic E-state index is 0. The van der Waals surface area contributed by atoms with Crippen molar-refractivity contribution < 1.29 is 13.9 Å². The van der Waals surface area contributed by atoms with Crippen molar-refractivity contribution in [2.75, 3.05) is 20.7 Å². The number of carbonyl (C=O) groups excluding carboxylic acids is 1. The Morgan fingerprint density at radius 2 is 2.11 bits per heavy atom. The van der Waals surface area contributed by atoms with E-state index in [1.54, 1.807) is 14.1 Å². The number of nitrogens with one attached hydrogen (secondary N) is 1. The number of nitrogen functional groups attached to an aromatic ring is 1. The summed E-state index contributed by atoms with van der Waals surface area (Å²) in [7, 11) is 3.17. The molecule has 1 rings (SSSR count). The second-order valence-electron chi connectivity index (χ2n) is 3.60. The van der Waals surface area contributed by atoms with Crippen LogP contribution in [0.1, 0.15) is 5.56 Å². The van der Waals surface area contributed by atoms with Gasteiger partial charge in [-0.1, -0.05) is 6.07 Å². The molecule has 0 fully saturated rings. The molecule has 0 saturated carbocycles. The number of ether oxygens (including phenoxy) is 1. The van der Waals surface area contributed by atoms with Crippen LogP contribution < -0.4 is 10.5 Å². The lowest BCUT2D eigenvalue weighted by atomic mass is 10.1. The number of carbonyl (C=O) groups is 1. The molecular weight excluding hydrogens is 261 g/mol. The fourth-order valence-corrected chi connectivity index (χ4v) is 1.15. The Labute approximate surface area is 111 Å². The van der Waals surface area contributed by atoms with Crippen LogP contribution in [-0.4, -0.2) is 37.3 Å². The van der Waals surface area contributed by atoms with Crippen LogP contribution in [0.4, 0.5) is 4.39 Å². The average Bonchev–Trinajstić information content (AvgIpc) is 2.24. The fourth-order valence-electron chi connectivity index (χ4n) is 1.15. The molecule has 0 radical (unpaired) electrons. The number of halogens is 2. The SMILES string of the molecule is CN(C)C(=O)COc1cccc(F)c1C(=N)N.Cl. The summed E-state index contributed by atoms with van der Waals surface area (Å²) in [6, 6.07) is 4.07. The number of hydrogen-bond donors (Lipinski definition) is 2. The summed E-state index contributed by atoms with van der Waals surface area (Å²) in [6.45, 7) is -0.225. The molecule has 0 aliphatic heterocycles. The van der Waals surface area contributed by atoms with Crippen LogP contribution in [-0.2, 0) is 4.79 Å². The second kappa shape index (κ2) is 6.80. The Bertz CT molecular complexity index is 452. The van der Waals surface area contributed by atoms with Gasteiger partial charge in [0.15, 0.2) is 6.61 Å². The van der Waals surface area contributed by atoms with Gasteiger partial charge in [0, 0.05) is 14.1 Å². The van der Waals surface area contributed by atoms with Gasteiger partial charge in [-0.2, -0.15) is 0 Å². The van der Waals surface area contributed by atoms with E-state index in [2.05, 4.69) is 0 Å². The van der Waals surface area contributed by atoms with E-state index < -0.39 is 11.7 Å². The van der Waals surface area contributed by atoms with Gasteiger partial charge in [-0.05, 0) is 12.1 Å². The van der Waals surface area contributed by atoms with Crippen molar-refractivity contribution in [3.05, 3.63) is 29.6 Å². The van der Waals surface area contributed by atoms with Gasteiger partial charge in [0.2, 0.25) is 0 Å². The molecule has 1 amide bonds. The van der Waals surface area contributed by atoms with Gasteiger partial charge in [0.05, 0.1) is 5.56 Å². The molecule has 18 heavy (non-hydrogen) atoms. The molecule has 5 nitrogen and oxygen atoms in total. The Hall–Kier alpha value is -1.82. The fraction of sp³-hybridized carbons (Fsp3) is 0.273. The number of amides is 1. The molecule has 0 heterocycles. The van der Waals surface area contributed by atoms with E-state index in [-0.39, 0.29) is 36.2 Å². The molecule has 0 aromatic heterocycles. The van der Waals surface area contributed by atoms with Crippen LogP contribution in [0.3, 0.4) is 0 Å². The van der Waals surface area contributed by atoms with Gasteiger partial charge in [-0.3, -0.25) is 10.2 Å². The summed E-state index contributed by atoms with van der Waals surface area (Å²) in [5, 5.41) is 7.25. The predicted molar refractivity (Wildman–Crippen MR) is 68.9 cm³/mol. The lowest BCUT2D eigenvalue weighted by Crippen LogP contribution is -2.28. The van der Waals surface area contributed by atoms with Crippen molar-refractivity contribution in [2.45, 2.75) is 0 Å². The van der Waals surface area contributed by atoms with Gasteiger partial charge in [0.25, 0.3) is 5.91 Å². The first-order chi connectivity index (χ1) is 7.93. The van der Waals surface area contributed by atoms with Crippen LogP contribution in [0, 0.1) is 11.2 Å². The summed E-state index contributed by atoms with van der Waals surface area (Å²) in [6.07, 6.45) is 0. The third kappa shape index (κ3) is 3.89. The van der Waals surface area contributed by atoms with Gasteiger partial charge < -0.3 is 15.4 Å². The average molecular weight is 276 g/mol. The minimum atomic E-state index is -0.646. The van der Waals surface area contributed by atoms with Gasteiger partial charge in [-0.25, -0.2) is 4.39 Å².